The lowest BCUT2D eigenvalue weighted by Crippen LogP contribution is -1.99. The Hall–Kier alpha value is -2.86. The molecule has 0 amide bonds. The van der Waals surface area contributed by atoms with Crippen molar-refractivity contribution in [1.29, 1.82) is 5.26 Å². The van der Waals surface area contributed by atoms with Gasteiger partial charge < -0.3 is 0 Å². The maximum Gasteiger partial charge on any atom is 0.163 e. The maximum absolute atomic E-state index is 9.20. The molecule has 2 aromatic carbocycles. The average molecular weight is 301 g/mol. The molecule has 0 spiro atoms. The van der Waals surface area contributed by atoms with Crippen LogP contribution >= 0.6 is 0 Å². The highest BCUT2D eigenvalue weighted by atomic mass is 15.3. The number of aryl methyl sites for hydroxylation is 1. The van der Waals surface area contributed by atoms with E-state index in [1.54, 1.807) is 0 Å². The Balaban J connectivity index is 2.10. The number of rotatable bonds is 3. The smallest absolute Gasteiger partial charge is 0.163 e. The van der Waals surface area contributed by atoms with Gasteiger partial charge in [-0.2, -0.15) is 10.4 Å². The van der Waals surface area contributed by atoms with E-state index in [1.807, 2.05) is 22.9 Å². The Labute approximate surface area is 136 Å². The predicted molar refractivity (Wildman–Crippen MR) is 92.5 cm³/mol. The first kappa shape index (κ1) is 15.1. The molecule has 0 saturated carbocycles. The monoisotopic (exact) mass is 301 g/mol. The molecule has 0 unspecified atom stereocenters. The van der Waals surface area contributed by atoms with Gasteiger partial charge >= 0.3 is 0 Å². The standard InChI is InChI=1S/C20H19N3/c1-14(2)16-6-8-17(9-7-16)20-12-18(13-21)22-23(20)19-10-4-15(3)5-11-19/h4-12,14H,1-3H3. The fraction of sp³-hybridized carbons (Fsp3) is 0.200. The van der Waals surface area contributed by atoms with Crippen molar-refractivity contribution in [2.75, 3.05) is 0 Å². The molecule has 114 valence electrons. The summed E-state index contributed by atoms with van der Waals surface area (Å²) < 4.78 is 1.84. The minimum absolute atomic E-state index is 0.425. The van der Waals surface area contributed by atoms with Crippen molar-refractivity contribution < 1.29 is 0 Å². The molecule has 3 aromatic rings. The van der Waals surface area contributed by atoms with Gasteiger partial charge in [-0.15, -0.1) is 0 Å². The van der Waals surface area contributed by atoms with Crippen molar-refractivity contribution in [1.82, 2.24) is 9.78 Å². The molecular weight excluding hydrogens is 282 g/mol. The van der Waals surface area contributed by atoms with Crippen molar-refractivity contribution in [3.8, 4) is 23.0 Å². The van der Waals surface area contributed by atoms with Crippen molar-refractivity contribution in [2.45, 2.75) is 26.7 Å². The van der Waals surface area contributed by atoms with Gasteiger partial charge in [0, 0.05) is 11.6 Å². The van der Waals surface area contributed by atoms with Gasteiger partial charge in [-0.05, 0) is 30.5 Å². The van der Waals surface area contributed by atoms with Crippen LogP contribution in [0.1, 0.15) is 36.6 Å². The Morgan fingerprint density at radius 1 is 1.00 bits per heavy atom. The zero-order valence-corrected chi connectivity index (χ0v) is 13.6. The predicted octanol–water partition coefficient (Wildman–Crippen LogP) is 4.84. The first-order chi connectivity index (χ1) is 11.1. The van der Waals surface area contributed by atoms with E-state index >= 15 is 0 Å². The molecule has 0 aliphatic rings. The van der Waals surface area contributed by atoms with Crippen LogP contribution in [-0.2, 0) is 0 Å². The van der Waals surface area contributed by atoms with E-state index < -0.39 is 0 Å². The van der Waals surface area contributed by atoms with E-state index in [4.69, 9.17) is 0 Å². The number of nitrogens with zero attached hydrogens (tertiary/aromatic N) is 3. The highest BCUT2D eigenvalue weighted by Crippen LogP contribution is 2.26. The third-order valence-corrected chi connectivity index (χ3v) is 3.98. The van der Waals surface area contributed by atoms with E-state index in [-0.39, 0.29) is 0 Å². The highest BCUT2D eigenvalue weighted by Gasteiger charge is 2.12. The quantitative estimate of drug-likeness (QED) is 0.694. The molecule has 23 heavy (non-hydrogen) atoms. The molecule has 0 aliphatic heterocycles. The zero-order chi connectivity index (χ0) is 16.4. The number of benzene rings is 2. The van der Waals surface area contributed by atoms with Crippen molar-refractivity contribution >= 4 is 0 Å². The minimum Gasteiger partial charge on any atom is -0.232 e. The van der Waals surface area contributed by atoms with Crippen molar-refractivity contribution in [2.24, 2.45) is 0 Å². The third-order valence-electron chi connectivity index (χ3n) is 3.98. The molecule has 3 rings (SSSR count). The van der Waals surface area contributed by atoms with Crippen LogP contribution in [0.5, 0.6) is 0 Å². The molecule has 1 aromatic heterocycles. The van der Waals surface area contributed by atoms with E-state index in [1.165, 1.54) is 11.1 Å². The Morgan fingerprint density at radius 2 is 1.65 bits per heavy atom. The second kappa shape index (κ2) is 6.10. The molecule has 3 nitrogen and oxygen atoms in total. The average Bonchev–Trinajstić information content (AvgIpc) is 3.00. The Kier molecular flexibility index (Phi) is 3.99. The first-order valence-electron chi connectivity index (χ1n) is 7.76. The molecule has 0 bridgehead atoms. The molecule has 0 radical (unpaired) electrons. The van der Waals surface area contributed by atoms with Gasteiger partial charge in [-0.3, -0.25) is 0 Å². The molecular formula is C20H19N3. The first-order valence-corrected chi connectivity index (χ1v) is 7.76. The van der Waals surface area contributed by atoms with Crippen molar-refractivity contribution in [3.63, 3.8) is 0 Å². The van der Waals surface area contributed by atoms with E-state index in [0.29, 0.717) is 11.6 Å². The number of hydrogen-bond acceptors (Lipinski definition) is 2. The summed E-state index contributed by atoms with van der Waals surface area (Å²) in [5.74, 6) is 0.501. The summed E-state index contributed by atoms with van der Waals surface area (Å²) in [4.78, 5) is 0. The fourth-order valence-electron chi connectivity index (χ4n) is 2.56. The number of aromatic nitrogens is 2. The Bertz CT molecular complexity index is 847. The lowest BCUT2D eigenvalue weighted by molar-refractivity contribution is 0.864. The lowest BCUT2D eigenvalue weighted by atomic mass is 10.0. The largest absolute Gasteiger partial charge is 0.232 e. The summed E-state index contributed by atoms with van der Waals surface area (Å²) in [6.07, 6.45) is 0. The van der Waals surface area contributed by atoms with Crippen LogP contribution in [0.3, 0.4) is 0 Å². The van der Waals surface area contributed by atoms with Gasteiger partial charge in [0.15, 0.2) is 5.69 Å². The van der Waals surface area contributed by atoms with Gasteiger partial charge in [0.2, 0.25) is 0 Å². The maximum atomic E-state index is 9.20. The lowest BCUT2D eigenvalue weighted by Gasteiger charge is -2.10. The van der Waals surface area contributed by atoms with Crippen LogP contribution in [0.15, 0.2) is 54.6 Å². The van der Waals surface area contributed by atoms with E-state index in [2.05, 4.69) is 68.3 Å². The van der Waals surface area contributed by atoms with E-state index in [9.17, 15) is 5.26 Å². The minimum atomic E-state index is 0.425. The fourth-order valence-corrected chi connectivity index (χ4v) is 2.56. The summed E-state index contributed by atoms with van der Waals surface area (Å²) in [6, 6.07) is 20.6. The molecule has 0 fully saturated rings. The number of nitriles is 1. The molecule has 0 aliphatic carbocycles. The second-order valence-corrected chi connectivity index (χ2v) is 6.05. The summed E-state index contributed by atoms with van der Waals surface area (Å²) in [6.45, 7) is 6.41. The highest BCUT2D eigenvalue weighted by molar-refractivity contribution is 5.64. The topological polar surface area (TPSA) is 41.6 Å². The molecule has 3 heteroatoms. The van der Waals surface area contributed by atoms with Gasteiger partial charge in [0.25, 0.3) is 0 Å². The van der Waals surface area contributed by atoms with E-state index in [0.717, 1.165) is 16.9 Å². The van der Waals surface area contributed by atoms with Crippen LogP contribution < -0.4 is 0 Å². The molecule has 0 atom stereocenters. The van der Waals surface area contributed by atoms with Crippen LogP contribution in [0.4, 0.5) is 0 Å². The Morgan fingerprint density at radius 3 is 2.22 bits per heavy atom. The van der Waals surface area contributed by atoms with Crippen LogP contribution in [-0.4, -0.2) is 9.78 Å². The van der Waals surface area contributed by atoms with Crippen LogP contribution in [0, 0.1) is 18.3 Å². The SMILES string of the molecule is Cc1ccc(-n2nc(C#N)cc2-c2ccc(C(C)C)cc2)cc1. The van der Waals surface area contributed by atoms with Gasteiger partial charge in [0.05, 0.1) is 11.4 Å². The zero-order valence-electron chi connectivity index (χ0n) is 13.6. The molecule has 1 heterocycles. The molecule has 0 N–H and O–H groups in total. The summed E-state index contributed by atoms with van der Waals surface area (Å²) in [5, 5.41) is 13.6. The van der Waals surface area contributed by atoms with Crippen LogP contribution in [0.2, 0.25) is 0 Å². The second-order valence-electron chi connectivity index (χ2n) is 6.05. The molecule has 0 saturated heterocycles. The van der Waals surface area contributed by atoms with Gasteiger partial charge in [0.1, 0.15) is 6.07 Å². The third kappa shape index (κ3) is 3.02. The van der Waals surface area contributed by atoms with Crippen molar-refractivity contribution in [3.05, 3.63) is 71.4 Å². The normalized spacial score (nSPS) is 10.7. The summed E-state index contributed by atoms with van der Waals surface area (Å²) in [5.41, 5.74) is 5.87. The van der Waals surface area contributed by atoms with Gasteiger partial charge in [-0.25, -0.2) is 4.68 Å². The summed E-state index contributed by atoms with van der Waals surface area (Å²) >= 11 is 0. The van der Waals surface area contributed by atoms with Crippen LogP contribution in [0.25, 0.3) is 16.9 Å². The van der Waals surface area contributed by atoms with Gasteiger partial charge in [-0.1, -0.05) is 55.8 Å². The summed E-state index contributed by atoms with van der Waals surface area (Å²) in [7, 11) is 0. The number of hydrogen-bond donors (Lipinski definition) is 0.